The van der Waals surface area contributed by atoms with Crippen LogP contribution in [-0.4, -0.2) is 102 Å². The van der Waals surface area contributed by atoms with Crippen molar-refractivity contribution >= 4 is 17.3 Å². The van der Waals surface area contributed by atoms with Gasteiger partial charge in [-0.15, -0.1) is 0 Å². The van der Waals surface area contributed by atoms with Crippen molar-refractivity contribution in [2.45, 2.75) is 45.3 Å². The Balaban J connectivity index is 1.33. The number of morpholine rings is 2. The van der Waals surface area contributed by atoms with E-state index in [1.54, 1.807) is 0 Å². The third kappa shape index (κ3) is 6.34. The van der Waals surface area contributed by atoms with Gasteiger partial charge in [-0.05, 0) is 62.7 Å². The smallest absolute Gasteiger partial charge is 0.170 e. The van der Waals surface area contributed by atoms with Gasteiger partial charge in [0.05, 0.1) is 44.2 Å². The van der Waals surface area contributed by atoms with Crippen molar-refractivity contribution in [3.05, 3.63) is 53.1 Å². The minimum Gasteiger partial charge on any atom is -0.379 e. The van der Waals surface area contributed by atoms with Gasteiger partial charge in [0.2, 0.25) is 0 Å². The topological polar surface area (TPSA) is 58.0 Å². The zero-order valence-corrected chi connectivity index (χ0v) is 23.2. The van der Waals surface area contributed by atoms with E-state index in [9.17, 15) is 0 Å². The number of rotatable bonds is 10. The summed E-state index contributed by atoms with van der Waals surface area (Å²) in [6.45, 7) is 16.2. The van der Waals surface area contributed by atoms with Crippen molar-refractivity contribution < 1.29 is 9.47 Å². The van der Waals surface area contributed by atoms with Crippen LogP contribution in [0.15, 0.2) is 30.5 Å². The van der Waals surface area contributed by atoms with Crippen molar-refractivity contribution in [1.82, 2.24) is 29.6 Å². The summed E-state index contributed by atoms with van der Waals surface area (Å²) < 4.78 is 13.5. The van der Waals surface area contributed by atoms with Crippen LogP contribution in [0.5, 0.6) is 0 Å². The number of hydrogen-bond donors (Lipinski definition) is 1. The molecule has 202 valence electrons. The summed E-state index contributed by atoms with van der Waals surface area (Å²) in [5.41, 5.74) is 5.07. The molecule has 0 bridgehead atoms. The van der Waals surface area contributed by atoms with E-state index >= 15 is 0 Å². The van der Waals surface area contributed by atoms with Crippen LogP contribution in [0.2, 0.25) is 0 Å². The maximum Gasteiger partial charge on any atom is 0.170 e. The molecular weight excluding hydrogens is 484 g/mol. The second-order valence-corrected chi connectivity index (χ2v) is 10.8. The molecule has 0 aromatic carbocycles. The van der Waals surface area contributed by atoms with Crippen LogP contribution in [0.3, 0.4) is 0 Å². The average Bonchev–Trinajstić information content (AvgIpc) is 3.40. The first-order valence-corrected chi connectivity index (χ1v) is 14.3. The monoisotopic (exact) mass is 526 g/mol. The highest BCUT2D eigenvalue weighted by molar-refractivity contribution is 7.80. The molecule has 0 aliphatic carbocycles. The number of nitrogens with one attached hydrogen (secondary N) is 1. The van der Waals surface area contributed by atoms with E-state index in [-0.39, 0.29) is 12.1 Å². The summed E-state index contributed by atoms with van der Waals surface area (Å²) in [4.78, 5) is 12.2. The lowest BCUT2D eigenvalue weighted by Crippen LogP contribution is -2.39. The summed E-state index contributed by atoms with van der Waals surface area (Å²) in [6, 6.07) is 8.72. The fraction of sp³-hybridized carbons (Fsp3) is 0.643. The van der Waals surface area contributed by atoms with E-state index in [0.717, 1.165) is 102 Å². The number of pyridine rings is 1. The molecule has 2 aromatic heterocycles. The normalized spacial score (nSPS) is 23.5. The first-order valence-electron chi connectivity index (χ1n) is 13.9. The lowest BCUT2D eigenvalue weighted by Gasteiger charge is -2.30. The lowest BCUT2D eigenvalue weighted by molar-refractivity contribution is 0.0365. The lowest BCUT2D eigenvalue weighted by atomic mass is 9.96. The van der Waals surface area contributed by atoms with E-state index in [0.29, 0.717) is 0 Å². The van der Waals surface area contributed by atoms with E-state index in [4.69, 9.17) is 26.7 Å². The Morgan fingerprint density at radius 2 is 1.57 bits per heavy atom. The van der Waals surface area contributed by atoms with Gasteiger partial charge in [0.1, 0.15) is 0 Å². The number of aromatic nitrogens is 2. The molecule has 0 amide bonds. The summed E-state index contributed by atoms with van der Waals surface area (Å²) in [5, 5.41) is 4.47. The Hall–Kier alpha value is -2.04. The SMILES string of the molecule is Cc1cc([C@@H]2[C@@H](c3ccccn3)NC(=S)N2CCCN2CCOCC2)c(C)n1CCCN1CCOCC1. The molecule has 3 aliphatic heterocycles. The minimum absolute atomic E-state index is 0.0411. The zero-order chi connectivity index (χ0) is 25.6. The van der Waals surface area contributed by atoms with Crippen LogP contribution >= 0.6 is 12.2 Å². The van der Waals surface area contributed by atoms with Crippen LogP contribution in [0.1, 0.15) is 47.6 Å². The molecule has 9 heteroatoms. The van der Waals surface area contributed by atoms with Gasteiger partial charge in [0, 0.05) is 69.9 Å². The van der Waals surface area contributed by atoms with Crippen molar-refractivity contribution in [3.8, 4) is 0 Å². The number of nitrogens with zero attached hydrogens (tertiary/aromatic N) is 5. The Morgan fingerprint density at radius 3 is 2.19 bits per heavy atom. The Kier molecular flexibility index (Phi) is 9.10. The van der Waals surface area contributed by atoms with Gasteiger partial charge in [-0.3, -0.25) is 14.8 Å². The Morgan fingerprint density at radius 1 is 0.919 bits per heavy atom. The largest absolute Gasteiger partial charge is 0.379 e. The third-order valence-electron chi connectivity index (χ3n) is 8.07. The second kappa shape index (κ2) is 12.7. The third-order valence-corrected chi connectivity index (χ3v) is 8.42. The molecule has 3 aliphatic rings. The number of thiocarbonyl (C=S) groups is 1. The van der Waals surface area contributed by atoms with Crippen LogP contribution in [0.4, 0.5) is 0 Å². The molecular formula is C28H42N6O2S. The molecule has 0 saturated carbocycles. The van der Waals surface area contributed by atoms with Crippen LogP contribution < -0.4 is 5.32 Å². The molecule has 2 aromatic rings. The van der Waals surface area contributed by atoms with Crippen LogP contribution in [0.25, 0.3) is 0 Å². The highest BCUT2D eigenvalue weighted by atomic mass is 32.1. The predicted molar refractivity (Wildman–Crippen MR) is 150 cm³/mol. The van der Waals surface area contributed by atoms with Crippen molar-refractivity contribution in [3.63, 3.8) is 0 Å². The standard InChI is InChI=1S/C28H42N6O2S/c1-22-21-24(23(2)33(22)11-5-9-31-13-17-35-18-14-31)27-26(25-7-3-4-8-29-25)30-28(37)34(27)12-6-10-32-15-19-36-20-16-32/h3-4,7-8,21,26-27H,5-6,9-20H2,1-2H3,(H,30,37)/t26-,27-/m1/s1. The maximum absolute atomic E-state index is 5.92. The highest BCUT2D eigenvalue weighted by Gasteiger charge is 2.41. The molecule has 5 rings (SSSR count). The number of aryl methyl sites for hydroxylation is 1. The molecule has 0 unspecified atom stereocenters. The summed E-state index contributed by atoms with van der Waals surface area (Å²) in [7, 11) is 0. The zero-order valence-electron chi connectivity index (χ0n) is 22.4. The second-order valence-electron chi connectivity index (χ2n) is 10.4. The highest BCUT2D eigenvalue weighted by Crippen LogP contribution is 2.40. The van der Waals surface area contributed by atoms with E-state index in [2.05, 4.69) is 56.6 Å². The van der Waals surface area contributed by atoms with Crippen LogP contribution in [0, 0.1) is 13.8 Å². The van der Waals surface area contributed by atoms with Crippen molar-refractivity contribution in [2.75, 3.05) is 72.2 Å². The average molecular weight is 527 g/mol. The molecule has 3 fully saturated rings. The number of ether oxygens (including phenoxy) is 2. The van der Waals surface area contributed by atoms with Gasteiger partial charge < -0.3 is 24.3 Å². The van der Waals surface area contributed by atoms with Crippen LogP contribution in [-0.2, 0) is 16.0 Å². The fourth-order valence-corrected chi connectivity index (χ4v) is 6.35. The Bertz CT molecular complexity index is 1020. The van der Waals surface area contributed by atoms with Gasteiger partial charge >= 0.3 is 0 Å². The van der Waals surface area contributed by atoms with E-state index < -0.39 is 0 Å². The fourth-order valence-electron chi connectivity index (χ4n) is 6.02. The van der Waals surface area contributed by atoms with Gasteiger partial charge in [-0.25, -0.2) is 0 Å². The van der Waals surface area contributed by atoms with Crippen molar-refractivity contribution in [1.29, 1.82) is 0 Å². The number of hydrogen-bond acceptors (Lipinski definition) is 6. The summed E-state index contributed by atoms with van der Waals surface area (Å²) in [5.74, 6) is 0. The molecule has 0 spiro atoms. The quantitative estimate of drug-likeness (QED) is 0.475. The van der Waals surface area contributed by atoms with Crippen molar-refractivity contribution in [2.24, 2.45) is 0 Å². The predicted octanol–water partition coefficient (Wildman–Crippen LogP) is 2.92. The molecule has 8 nitrogen and oxygen atoms in total. The molecule has 5 heterocycles. The van der Waals surface area contributed by atoms with Gasteiger partial charge in [0.15, 0.2) is 5.11 Å². The molecule has 0 radical (unpaired) electrons. The first kappa shape index (κ1) is 26.6. The van der Waals surface area contributed by atoms with E-state index in [1.165, 1.54) is 17.0 Å². The minimum atomic E-state index is 0.0411. The molecule has 2 atom stereocenters. The molecule has 3 saturated heterocycles. The molecule has 1 N–H and O–H groups in total. The van der Waals surface area contributed by atoms with Gasteiger partial charge in [-0.2, -0.15) is 0 Å². The van der Waals surface area contributed by atoms with Gasteiger partial charge in [-0.1, -0.05) is 6.07 Å². The maximum atomic E-state index is 5.92. The Labute approximate surface area is 226 Å². The molecule has 37 heavy (non-hydrogen) atoms. The van der Waals surface area contributed by atoms with Gasteiger partial charge in [0.25, 0.3) is 0 Å². The summed E-state index contributed by atoms with van der Waals surface area (Å²) >= 11 is 5.92. The first-order chi connectivity index (χ1) is 18.1. The summed E-state index contributed by atoms with van der Waals surface area (Å²) in [6.07, 6.45) is 4.10. The van der Waals surface area contributed by atoms with E-state index in [1.807, 2.05) is 12.3 Å².